The molecule has 1 heterocycles. The lowest BCUT2D eigenvalue weighted by Gasteiger charge is -1.98. The van der Waals surface area contributed by atoms with Crippen LogP contribution in [0.15, 0.2) is 30.5 Å². The van der Waals surface area contributed by atoms with Crippen LogP contribution < -0.4 is 9.47 Å². The molecule has 13 heavy (non-hydrogen) atoms. The van der Waals surface area contributed by atoms with Crippen LogP contribution in [-0.2, 0) is 6.42 Å². The molecule has 0 atom stereocenters. The highest BCUT2D eigenvalue weighted by molar-refractivity contribution is 5.44. The topological polar surface area (TPSA) is 38.7 Å². The molecule has 3 heteroatoms. The first-order chi connectivity index (χ1) is 6.40. The average Bonchev–Trinajstić information content (AvgIpc) is 2.61. The van der Waals surface area contributed by atoms with Crippen molar-refractivity contribution in [2.45, 2.75) is 6.42 Å². The number of rotatable bonds is 2. The Morgan fingerprint density at radius 1 is 1.31 bits per heavy atom. The molecule has 0 aliphatic carbocycles. The fraction of sp³-hybridized carbons (Fsp3) is 0.200. The van der Waals surface area contributed by atoms with Gasteiger partial charge in [0.2, 0.25) is 6.79 Å². The van der Waals surface area contributed by atoms with Crippen LogP contribution in [0.4, 0.5) is 0 Å². The summed E-state index contributed by atoms with van der Waals surface area (Å²) >= 11 is 0. The summed E-state index contributed by atoms with van der Waals surface area (Å²) in [5, 5.41) is 8.48. The number of aliphatic hydroxyl groups is 1. The van der Waals surface area contributed by atoms with Crippen molar-refractivity contribution in [1.29, 1.82) is 0 Å². The molecule has 0 aromatic heterocycles. The number of ether oxygens (including phenoxy) is 2. The molecular weight excluding hydrogens is 168 g/mol. The second-order valence-corrected chi connectivity index (χ2v) is 2.78. The number of allylic oxidation sites excluding steroid dienone is 1. The molecule has 3 nitrogen and oxygen atoms in total. The highest BCUT2D eigenvalue weighted by Crippen LogP contribution is 2.32. The average molecular weight is 178 g/mol. The van der Waals surface area contributed by atoms with Crippen LogP contribution in [0.3, 0.4) is 0 Å². The van der Waals surface area contributed by atoms with E-state index < -0.39 is 0 Å². The minimum absolute atomic E-state index is 0.300. The van der Waals surface area contributed by atoms with Gasteiger partial charge in [0, 0.05) is 0 Å². The minimum atomic E-state index is 0.300. The zero-order valence-electron chi connectivity index (χ0n) is 7.06. The van der Waals surface area contributed by atoms with E-state index in [1.165, 1.54) is 0 Å². The van der Waals surface area contributed by atoms with Crippen LogP contribution >= 0.6 is 0 Å². The summed E-state index contributed by atoms with van der Waals surface area (Å²) in [5.41, 5.74) is 1.09. The van der Waals surface area contributed by atoms with E-state index in [0.717, 1.165) is 23.3 Å². The van der Waals surface area contributed by atoms with E-state index >= 15 is 0 Å². The first-order valence-corrected chi connectivity index (χ1v) is 4.08. The summed E-state index contributed by atoms with van der Waals surface area (Å²) in [4.78, 5) is 0. The monoisotopic (exact) mass is 178 g/mol. The molecule has 0 spiro atoms. The van der Waals surface area contributed by atoms with Crippen molar-refractivity contribution in [2.24, 2.45) is 0 Å². The van der Waals surface area contributed by atoms with Crippen molar-refractivity contribution >= 4 is 0 Å². The van der Waals surface area contributed by atoms with Crippen molar-refractivity contribution in [3.8, 4) is 11.5 Å². The van der Waals surface area contributed by atoms with Crippen LogP contribution in [0.2, 0.25) is 0 Å². The van der Waals surface area contributed by atoms with Gasteiger partial charge < -0.3 is 14.6 Å². The summed E-state index contributed by atoms with van der Waals surface area (Å²) in [6.45, 7) is 0.300. The van der Waals surface area contributed by atoms with E-state index in [2.05, 4.69) is 0 Å². The van der Waals surface area contributed by atoms with Gasteiger partial charge in [-0.1, -0.05) is 6.07 Å². The van der Waals surface area contributed by atoms with E-state index in [9.17, 15) is 0 Å². The molecule has 0 amide bonds. The molecule has 1 aliphatic rings. The zero-order valence-corrected chi connectivity index (χ0v) is 7.06. The van der Waals surface area contributed by atoms with E-state index in [-0.39, 0.29) is 0 Å². The van der Waals surface area contributed by atoms with E-state index in [0.29, 0.717) is 13.2 Å². The fourth-order valence-corrected chi connectivity index (χ4v) is 1.26. The van der Waals surface area contributed by atoms with Crippen LogP contribution in [0.1, 0.15) is 5.56 Å². The van der Waals surface area contributed by atoms with E-state index in [1.54, 1.807) is 6.08 Å². The molecule has 1 N–H and O–H groups in total. The maximum absolute atomic E-state index is 8.48. The van der Waals surface area contributed by atoms with E-state index in [1.807, 2.05) is 18.2 Å². The molecule has 1 aliphatic heterocycles. The van der Waals surface area contributed by atoms with Gasteiger partial charge in [-0.3, -0.25) is 0 Å². The van der Waals surface area contributed by atoms with Crippen molar-refractivity contribution < 1.29 is 14.6 Å². The predicted octanol–water partition coefficient (Wildman–Crippen LogP) is 2.03. The Labute approximate surface area is 76.2 Å². The van der Waals surface area contributed by atoms with Gasteiger partial charge in [-0.05, 0) is 30.2 Å². The maximum Gasteiger partial charge on any atom is 0.231 e. The predicted molar refractivity (Wildman–Crippen MR) is 48.0 cm³/mol. The summed E-state index contributed by atoms with van der Waals surface area (Å²) in [5.74, 6) is 1.57. The maximum atomic E-state index is 8.48. The number of hydrogen-bond donors (Lipinski definition) is 1. The number of fused-ring (bicyclic) bond motifs is 1. The SMILES string of the molecule is O/C=C/Cc1ccc2c(c1)OCO2. The molecule has 0 bridgehead atoms. The minimum Gasteiger partial charge on any atom is -0.516 e. The first-order valence-electron chi connectivity index (χ1n) is 4.08. The lowest BCUT2D eigenvalue weighted by Crippen LogP contribution is -1.92. The van der Waals surface area contributed by atoms with Crippen LogP contribution in [-0.4, -0.2) is 11.9 Å². The van der Waals surface area contributed by atoms with Gasteiger partial charge in [-0.2, -0.15) is 0 Å². The largest absolute Gasteiger partial charge is 0.516 e. The smallest absolute Gasteiger partial charge is 0.231 e. The highest BCUT2D eigenvalue weighted by Gasteiger charge is 2.12. The van der Waals surface area contributed by atoms with Crippen molar-refractivity contribution in [3.63, 3.8) is 0 Å². The summed E-state index contributed by atoms with van der Waals surface area (Å²) in [6, 6.07) is 5.75. The third-order valence-corrected chi connectivity index (χ3v) is 1.90. The highest BCUT2D eigenvalue weighted by atomic mass is 16.7. The Bertz CT molecular complexity index is 331. The Morgan fingerprint density at radius 3 is 3.00 bits per heavy atom. The standard InChI is InChI=1S/C10H10O3/c11-5-1-2-8-3-4-9-10(6-8)13-7-12-9/h1,3-6,11H,2,7H2/b5-1+. The van der Waals surface area contributed by atoms with Gasteiger partial charge in [0.05, 0.1) is 6.26 Å². The molecule has 1 aromatic rings. The second-order valence-electron chi connectivity index (χ2n) is 2.78. The van der Waals surface area contributed by atoms with Crippen LogP contribution in [0.25, 0.3) is 0 Å². The zero-order chi connectivity index (χ0) is 9.10. The number of benzene rings is 1. The molecule has 68 valence electrons. The van der Waals surface area contributed by atoms with Gasteiger partial charge >= 0.3 is 0 Å². The molecule has 2 rings (SSSR count). The van der Waals surface area contributed by atoms with Gasteiger partial charge in [0.1, 0.15) is 0 Å². The third kappa shape index (κ3) is 1.59. The molecule has 0 unspecified atom stereocenters. The number of hydrogen-bond acceptors (Lipinski definition) is 3. The van der Waals surface area contributed by atoms with Crippen molar-refractivity contribution in [3.05, 3.63) is 36.1 Å². The Morgan fingerprint density at radius 2 is 2.15 bits per heavy atom. The Balaban J connectivity index is 2.20. The van der Waals surface area contributed by atoms with Crippen LogP contribution in [0.5, 0.6) is 11.5 Å². The third-order valence-electron chi connectivity index (χ3n) is 1.90. The normalized spacial score (nSPS) is 13.8. The summed E-state index contributed by atoms with van der Waals surface area (Å²) < 4.78 is 10.4. The first kappa shape index (κ1) is 7.98. The Hall–Kier alpha value is -1.64. The molecular formula is C10H10O3. The fourth-order valence-electron chi connectivity index (χ4n) is 1.26. The Kier molecular flexibility index (Phi) is 2.08. The second kappa shape index (κ2) is 3.39. The lowest BCUT2D eigenvalue weighted by molar-refractivity contribution is 0.174. The van der Waals surface area contributed by atoms with Gasteiger partial charge in [-0.15, -0.1) is 0 Å². The lowest BCUT2D eigenvalue weighted by atomic mass is 10.1. The summed E-state index contributed by atoms with van der Waals surface area (Å²) in [7, 11) is 0. The molecule has 0 radical (unpaired) electrons. The van der Waals surface area contributed by atoms with Crippen LogP contribution in [0, 0.1) is 0 Å². The number of aliphatic hydroxyl groups excluding tert-OH is 1. The van der Waals surface area contributed by atoms with E-state index in [4.69, 9.17) is 14.6 Å². The molecule has 1 aromatic carbocycles. The van der Waals surface area contributed by atoms with Gasteiger partial charge in [-0.25, -0.2) is 0 Å². The molecule has 0 fully saturated rings. The van der Waals surface area contributed by atoms with Crippen molar-refractivity contribution in [2.75, 3.05) is 6.79 Å². The van der Waals surface area contributed by atoms with Gasteiger partial charge in [0.15, 0.2) is 11.5 Å². The molecule has 0 saturated heterocycles. The van der Waals surface area contributed by atoms with Gasteiger partial charge in [0.25, 0.3) is 0 Å². The van der Waals surface area contributed by atoms with Crippen molar-refractivity contribution in [1.82, 2.24) is 0 Å². The summed E-state index contributed by atoms with van der Waals surface area (Å²) in [6.07, 6.45) is 3.43. The quantitative estimate of drug-likeness (QED) is 0.704. The molecule has 0 saturated carbocycles.